The minimum Gasteiger partial charge on any atom is -0.394 e. The molecule has 0 radical (unpaired) electrons. The summed E-state index contributed by atoms with van der Waals surface area (Å²) in [7, 11) is -5.05. The lowest BCUT2D eigenvalue weighted by atomic mass is 10.1. The van der Waals surface area contributed by atoms with E-state index < -0.39 is 75.7 Å². The van der Waals surface area contributed by atoms with Crippen molar-refractivity contribution in [2.45, 2.75) is 49.1 Å². The first-order valence-corrected chi connectivity index (χ1v) is 13.5. The van der Waals surface area contributed by atoms with Gasteiger partial charge in [0.05, 0.1) is 32.2 Å². The van der Waals surface area contributed by atoms with Crippen molar-refractivity contribution >= 4 is 36.0 Å². The van der Waals surface area contributed by atoms with Crippen molar-refractivity contribution in [2.75, 3.05) is 18.9 Å². The molecule has 0 bridgehead atoms. The SMILES string of the molecule is Nc1ncnc2c1ncn2[C@@H]1O[C@H](CO)[C@@H](O)[C@H]1OP(=O)(O)OC[C@H]1O[C@H](n2cnc3c(=O)[nH]cnc32)[C@H](F)[C@@H]1O. The quantitative estimate of drug-likeness (QED) is 0.118. The Kier molecular flexibility index (Phi) is 7.04. The zero-order chi connectivity index (χ0) is 29.1. The number of aromatic amines is 1. The summed E-state index contributed by atoms with van der Waals surface area (Å²) in [6, 6.07) is 0. The van der Waals surface area contributed by atoms with Crippen LogP contribution in [0.15, 0.2) is 30.1 Å². The van der Waals surface area contributed by atoms with Crippen molar-refractivity contribution in [3.8, 4) is 0 Å². The maximum Gasteiger partial charge on any atom is 0.472 e. The molecule has 220 valence electrons. The van der Waals surface area contributed by atoms with E-state index in [2.05, 4.69) is 29.9 Å². The van der Waals surface area contributed by atoms with E-state index in [1.165, 1.54) is 10.9 Å². The Balaban J connectivity index is 1.18. The summed E-state index contributed by atoms with van der Waals surface area (Å²) >= 11 is 0. The van der Waals surface area contributed by atoms with Crippen LogP contribution in [0.4, 0.5) is 10.2 Å². The molecule has 0 amide bonds. The van der Waals surface area contributed by atoms with Gasteiger partial charge in [0.2, 0.25) is 0 Å². The Bertz CT molecular complexity index is 1680. The molecular weight excluding hydrogens is 576 g/mol. The fourth-order valence-corrected chi connectivity index (χ4v) is 5.66. The molecule has 6 heterocycles. The molecule has 6 rings (SSSR count). The predicted octanol–water partition coefficient (Wildman–Crippen LogP) is -2.11. The van der Waals surface area contributed by atoms with E-state index in [1.54, 1.807) is 0 Å². The Morgan fingerprint density at radius 2 is 1.71 bits per heavy atom. The van der Waals surface area contributed by atoms with E-state index in [1.807, 2.05) is 0 Å². The van der Waals surface area contributed by atoms with Gasteiger partial charge in [0.1, 0.15) is 42.4 Å². The number of anilines is 1. The summed E-state index contributed by atoms with van der Waals surface area (Å²) < 4.78 is 51.7. The minimum atomic E-state index is -5.05. The smallest absolute Gasteiger partial charge is 0.394 e. The zero-order valence-electron chi connectivity index (χ0n) is 20.6. The number of H-pyrrole nitrogens is 1. The van der Waals surface area contributed by atoms with Gasteiger partial charge < -0.3 is 40.4 Å². The van der Waals surface area contributed by atoms with Crippen LogP contribution in [0, 0.1) is 0 Å². The fraction of sp³-hybridized carbons (Fsp3) is 0.500. The van der Waals surface area contributed by atoms with E-state index in [-0.39, 0.29) is 28.1 Å². The van der Waals surface area contributed by atoms with E-state index in [9.17, 15) is 29.6 Å². The normalized spacial score (nSPS) is 31.7. The molecule has 2 aliphatic heterocycles. The fourth-order valence-electron chi connectivity index (χ4n) is 4.73. The van der Waals surface area contributed by atoms with Gasteiger partial charge in [0, 0.05) is 0 Å². The summed E-state index contributed by atoms with van der Waals surface area (Å²) in [6.07, 6.45) is -7.95. The number of rotatable bonds is 8. The van der Waals surface area contributed by atoms with Crippen LogP contribution in [0.1, 0.15) is 12.5 Å². The molecule has 21 heteroatoms. The van der Waals surface area contributed by atoms with Gasteiger partial charge in [-0.15, -0.1) is 0 Å². The first kappa shape index (κ1) is 27.7. The number of nitrogens with two attached hydrogens (primary N) is 1. The van der Waals surface area contributed by atoms with E-state index in [0.29, 0.717) is 0 Å². The van der Waals surface area contributed by atoms with Crippen molar-refractivity contribution < 1.29 is 47.7 Å². The maximum atomic E-state index is 15.0. The number of aliphatic hydroxyl groups is 3. The van der Waals surface area contributed by atoms with Gasteiger partial charge in [0.15, 0.2) is 41.3 Å². The largest absolute Gasteiger partial charge is 0.472 e. The molecule has 2 fully saturated rings. The number of nitrogens with zero attached hydrogens (tertiary/aromatic N) is 7. The molecule has 9 atom stereocenters. The van der Waals surface area contributed by atoms with Crippen molar-refractivity contribution in [1.82, 2.24) is 39.0 Å². The molecule has 0 spiro atoms. The summed E-state index contributed by atoms with van der Waals surface area (Å²) in [4.78, 5) is 44.5. The summed E-state index contributed by atoms with van der Waals surface area (Å²) in [5, 5.41) is 30.7. The Morgan fingerprint density at radius 3 is 2.46 bits per heavy atom. The van der Waals surface area contributed by atoms with Crippen LogP contribution in [0.3, 0.4) is 0 Å². The number of hydrogen-bond acceptors (Lipinski definition) is 15. The topological polar surface area (TPSA) is 268 Å². The molecule has 41 heavy (non-hydrogen) atoms. The molecular formula is C20H23FN9O10P. The standard InChI is InChI=1S/C20H23FN9O10P/c21-9-12(32)8(39-19(9)29-6-28-11-17(29)25-4-26-18(11)34)2-37-41(35,36)40-14-13(33)7(1-31)38-20(14)30-5-27-10-15(22)23-3-24-16(10)30/h3-9,12-14,19-20,31-33H,1-2H2,(H,35,36)(H2,22,23,24)(H,25,26,34)/t7-,8-,9-,12-,13-,14-,19+,20-/m1/s1. The highest BCUT2D eigenvalue weighted by molar-refractivity contribution is 7.47. The van der Waals surface area contributed by atoms with Gasteiger partial charge in [-0.3, -0.25) is 23.0 Å². The molecule has 4 aromatic rings. The van der Waals surface area contributed by atoms with Crippen LogP contribution in [0.25, 0.3) is 22.3 Å². The number of aliphatic hydroxyl groups excluding tert-OH is 3. The zero-order valence-corrected chi connectivity index (χ0v) is 21.5. The molecule has 0 saturated carbocycles. The summed E-state index contributed by atoms with van der Waals surface area (Å²) in [5.74, 6) is 0.0468. The van der Waals surface area contributed by atoms with Gasteiger partial charge in [0.25, 0.3) is 5.56 Å². The maximum absolute atomic E-state index is 15.0. The Labute approximate surface area is 226 Å². The van der Waals surface area contributed by atoms with Crippen LogP contribution < -0.4 is 11.3 Å². The molecule has 2 aliphatic rings. The predicted molar refractivity (Wildman–Crippen MR) is 130 cm³/mol. The van der Waals surface area contributed by atoms with Crippen molar-refractivity contribution in [1.29, 1.82) is 0 Å². The molecule has 7 N–H and O–H groups in total. The van der Waals surface area contributed by atoms with Crippen LogP contribution in [-0.2, 0) is 23.1 Å². The number of imidazole rings is 2. The third-order valence-electron chi connectivity index (χ3n) is 6.74. The number of nitrogens with one attached hydrogen (secondary N) is 1. The Hall–Kier alpha value is -3.46. The van der Waals surface area contributed by atoms with Crippen LogP contribution in [0.2, 0.25) is 0 Å². The van der Waals surface area contributed by atoms with Gasteiger partial charge in [-0.2, -0.15) is 0 Å². The molecule has 1 unspecified atom stereocenters. The summed E-state index contributed by atoms with van der Waals surface area (Å²) in [6.45, 7) is -1.48. The van der Waals surface area contributed by atoms with Crippen LogP contribution >= 0.6 is 7.82 Å². The van der Waals surface area contributed by atoms with Crippen LogP contribution in [0.5, 0.6) is 0 Å². The van der Waals surface area contributed by atoms with Gasteiger partial charge in [-0.05, 0) is 0 Å². The molecule has 4 aromatic heterocycles. The van der Waals surface area contributed by atoms with Crippen molar-refractivity contribution in [3.05, 3.63) is 35.7 Å². The number of nitrogen functional groups attached to an aromatic ring is 1. The second-order valence-electron chi connectivity index (χ2n) is 9.21. The highest BCUT2D eigenvalue weighted by Crippen LogP contribution is 2.50. The van der Waals surface area contributed by atoms with Crippen molar-refractivity contribution in [2.24, 2.45) is 0 Å². The number of ether oxygens (including phenoxy) is 2. The number of alkyl halides is 1. The van der Waals surface area contributed by atoms with Gasteiger partial charge in [-0.25, -0.2) is 33.9 Å². The number of halogens is 1. The average molecular weight is 599 g/mol. The second-order valence-corrected chi connectivity index (χ2v) is 10.6. The average Bonchev–Trinajstić information content (AvgIpc) is 3.70. The molecule has 0 aliphatic carbocycles. The Morgan fingerprint density at radius 1 is 1.02 bits per heavy atom. The highest BCUT2D eigenvalue weighted by atomic mass is 31.2. The molecule has 0 aromatic carbocycles. The minimum absolute atomic E-state index is 0.00918. The number of hydrogen-bond donors (Lipinski definition) is 6. The number of aromatic nitrogens is 8. The molecule has 19 nitrogen and oxygen atoms in total. The molecule has 2 saturated heterocycles. The van der Waals surface area contributed by atoms with E-state index >= 15 is 4.39 Å². The van der Waals surface area contributed by atoms with E-state index in [0.717, 1.165) is 23.5 Å². The highest BCUT2D eigenvalue weighted by Gasteiger charge is 2.51. The number of phosphoric ester groups is 1. The summed E-state index contributed by atoms with van der Waals surface area (Å²) in [5.41, 5.74) is 5.48. The monoisotopic (exact) mass is 599 g/mol. The number of phosphoric acid groups is 1. The lowest BCUT2D eigenvalue weighted by Crippen LogP contribution is -2.35. The van der Waals surface area contributed by atoms with Gasteiger partial charge >= 0.3 is 7.82 Å². The first-order valence-electron chi connectivity index (χ1n) is 12.0. The number of fused-ring (bicyclic) bond motifs is 2. The van der Waals surface area contributed by atoms with Gasteiger partial charge in [-0.1, -0.05) is 0 Å². The third-order valence-corrected chi connectivity index (χ3v) is 7.73. The second kappa shape index (κ2) is 10.4. The third kappa shape index (κ3) is 4.78. The van der Waals surface area contributed by atoms with Crippen LogP contribution in [-0.4, -0.2) is 109 Å². The lowest BCUT2D eigenvalue weighted by Gasteiger charge is -2.24. The first-order chi connectivity index (χ1) is 19.6. The van der Waals surface area contributed by atoms with Crippen molar-refractivity contribution in [3.63, 3.8) is 0 Å². The lowest BCUT2D eigenvalue weighted by molar-refractivity contribution is -0.0600. The van der Waals surface area contributed by atoms with E-state index in [4.69, 9.17) is 24.3 Å².